The molecule has 1 aliphatic rings. The molecule has 1 unspecified atom stereocenters. The summed E-state index contributed by atoms with van der Waals surface area (Å²) in [6.45, 7) is 2.26. The highest BCUT2D eigenvalue weighted by Crippen LogP contribution is 2.23. The molecule has 3 rings (SSSR count). The van der Waals surface area contributed by atoms with Crippen molar-refractivity contribution in [1.29, 1.82) is 0 Å². The molecule has 1 atom stereocenters. The van der Waals surface area contributed by atoms with Gasteiger partial charge in [0.15, 0.2) is 9.84 Å². The van der Waals surface area contributed by atoms with Crippen LogP contribution in [-0.4, -0.2) is 61.1 Å². The molecule has 3 N–H and O–H groups in total. The number of carbonyl (C=O) groups excluding carboxylic acids is 3. The van der Waals surface area contributed by atoms with Gasteiger partial charge in [-0.1, -0.05) is 18.2 Å². The van der Waals surface area contributed by atoms with Gasteiger partial charge in [0.2, 0.25) is 11.8 Å². The van der Waals surface area contributed by atoms with E-state index in [1.165, 1.54) is 36.7 Å². The summed E-state index contributed by atoms with van der Waals surface area (Å²) in [6, 6.07) is 13.2. The van der Waals surface area contributed by atoms with Gasteiger partial charge in [0, 0.05) is 25.9 Å². The molecular formula is C23H27N3O7S. The molecule has 2 aromatic carbocycles. The summed E-state index contributed by atoms with van der Waals surface area (Å²) in [5.74, 6) is -1.81. The van der Waals surface area contributed by atoms with Crippen LogP contribution in [-0.2, 0) is 24.2 Å². The van der Waals surface area contributed by atoms with Gasteiger partial charge in [-0.05, 0) is 49.2 Å². The molecule has 3 amide bonds. The smallest absolute Gasteiger partial charge is 0.266 e. The van der Waals surface area contributed by atoms with Crippen LogP contribution >= 0.6 is 0 Å². The summed E-state index contributed by atoms with van der Waals surface area (Å²) in [7, 11) is -4.00. The monoisotopic (exact) mass is 489 g/mol. The number of hydrogen-bond donors (Lipinski definition) is 3. The molecule has 11 heteroatoms. The molecule has 182 valence electrons. The lowest BCUT2D eigenvalue weighted by Crippen LogP contribution is -2.52. The number of sulfone groups is 1. The number of para-hydroxylation sites is 1. The van der Waals surface area contributed by atoms with Gasteiger partial charge in [-0.3, -0.25) is 19.6 Å². The number of nitrogens with one attached hydrogen (secondary N) is 2. The molecule has 34 heavy (non-hydrogen) atoms. The zero-order valence-electron chi connectivity index (χ0n) is 18.6. The predicted octanol–water partition coefficient (Wildman–Crippen LogP) is 1.50. The highest BCUT2D eigenvalue weighted by molar-refractivity contribution is 7.91. The van der Waals surface area contributed by atoms with Gasteiger partial charge in [-0.2, -0.15) is 0 Å². The van der Waals surface area contributed by atoms with E-state index in [0.717, 1.165) is 0 Å². The molecule has 0 spiro atoms. The number of hydroxylamine groups is 1. The Bertz CT molecular complexity index is 1110. The van der Waals surface area contributed by atoms with Crippen molar-refractivity contribution in [2.24, 2.45) is 5.92 Å². The average Bonchev–Trinajstić information content (AvgIpc) is 2.84. The van der Waals surface area contributed by atoms with Crippen molar-refractivity contribution in [2.45, 2.75) is 30.7 Å². The molecule has 0 radical (unpaired) electrons. The molecule has 0 bridgehead atoms. The lowest BCUT2D eigenvalue weighted by molar-refractivity contribution is -0.137. The van der Waals surface area contributed by atoms with E-state index in [0.29, 0.717) is 37.4 Å². The van der Waals surface area contributed by atoms with Gasteiger partial charge in [0.25, 0.3) is 5.91 Å². The largest absolute Gasteiger partial charge is 0.457 e. The number of likely N-dealkylation sites (tertiary alicyclic amines) is 1. The SMILES string of the molecule is CC(=O)N1CCC(C(=O)NC(CS(=O)(=O)c2ccc(Oc3ccccc3)cc2)C(=O)NO)CC1. The first kappa shape index (κ1) is 25.2. The van der Waals surface area contributed by atoms with E-state index in [1.54, 1.807) is 29.2 Å². The quantitative estimate of drug-likeness (QED) is 0.377. The maximum absolute atomic E-state index is 12.9. The third kappa shape index (κ3) is 6.55. The first-order valence-corrected chi connectivity index (χ1v) is 12.4. The van der Waals surface area contributed by atoms with Crippen molar-refractivity contribution >= 4 is 27.6 Å². The maximum Gasteiger partial charge on any atom is 0.266 e. The van der Waals surface area contributed by atoms with E-state index in [-0.39, 0.29) is 10.8 Å². The lowest BCUT2D eigenvalue weighted by atomic mass is 9.95. The normalized spacial score (nSPS) is 15.3. The van der Waals surface area contributed by atoms with Crippen LogP contribution in [0, 0.1) is 5.92 Å². The van der Waals surface area contributed by atoms with E-state index in [4.69, 9.17) is 9.94 Å². The van der Waals surface area contributed by atoms with Gasteiger partial charge >= 0.3 is 0 Å². The second kappa shape index (κ2) is 11.1. The minimum Gasteiger partial charge on any atom is -0.457 e. The number of benzene rings is 2. The molecule has 1 heterocycles. The Morgan fingerprint density at radius 1 is 1.03 bits per heavy atom. The summed E-state index contributed by atoms with van der Waals surface area (Å²) in [5.41, 5.74) is 1.41. The van der Waals surface area contributed by atoms with Crippen molar-refractivity contribution < 1.29 is 32.7 Å². The number of amides is 3. The first-order chi connectivity index (χ1) is 16.2. The van der Waals surface area contributed by atoms with E-state index >= 15 is 0 Å². The Kier molecular flexibility index (Phi) is 8.24. The second-order valence-corrected chi connectivity index (χ2v) is 10.0. The summed E-state index contributed by atoms with van der Waals surface area (Å²) < 4.78 is 31.5. The van der Waals surface area contributed by atoms with Gasteiger partial charge in [-0.15, -0.1) is 0 Å². The van der Waals surface area contributed by atoms with Crippen molar-refractivity contribution in [3.05, 3.63) is 54.6 Å². The topological polar surface area (TPSA) is 142 Å². The fourth-order valence-electron chi connectivity index (χ4n) is 3.66. The Morgan fingerprint density at radius 3 is 2.18 bits per heavy atom. The highest BCUT2D eigenvalue weighted by atomic mass is 32.2. The van der Waals surface area contributed by atoms with E-state index < -0.39 is 39.4 Å². The van der Waals surface area contributed by atoms with Crippen LogP contribution in [0.1, 0.15) is 19.8 Å². The van der Waals surface area contributed by atoms with Crippen molar-refractivity contribution in [1.82, 2.24) is 15.7 Å². The van der Waals surface area contributed by atoms with Crippen LogP contribution in [0.15, 0.2) is 59.5 Å². The number of carbonyl (C=O) groups is 3. The third-order valence-corrected chi connectivity index (χ3v) is 7.36. The van der Waals surface area contributed by atoms with Crippen LogP contribution in [0.2, 0.25) is 0 Å². The zero-order valence-corrected chi connectivity index (χ0v) is 19.5. The molecule has 1 fully saturated rings. The highest BCUT2D eigenvalue weighted by Gasteiger charge is 2.32. The van der Waals surface area contributed by atoms with Gasteiger partial charge in [0.05, 0.1) is 10.6 Å². The Labute approximate surface area is 197 Å². The first-order valence-electron chi connectivity index (χ1n) is 10.7. The van der Waals surface area contributed by atoms with Crippen molar-refractivity contribution in [2.75, 3.05) is 18.8 Å². The minimum atomic E-state index is -4.00. The van der Waals surface area contributed by atoms with Crippen LogP contribution in [0.3, 0.4) is 0 Å². The van der Waals surface area contributed by atoms with E-state index in [9.17, 15) is 22.8 Å². The molecule has 1 aliphatic heterocycles. The number of nitrogens with zero attached hydrogens (tertiary/aromatic N) is 1. The standard InChI is InChI=1S/C23H27N3O7S/c1-16(27)26-13-11-17(12-14-26)22(28)24-21(23(29)25-30)15-34(31,32)20-9-7-19(8-10-20)33-18-5-3-2-4-6-18/h2-10,17,21,30H,11-15H2,1H3,(H,24,28)(H,25,29). The predicted molar refractivity (Wildman–Crippen MR) is 122 cm³/mol. The fraction of sp³-hybridized carbons (Fsp3) is 0.348. The minimum absolute atomic E-state index is 0.0623. The number of ether oxygens (including phenoxy) is 1. The second-order valence-electron chi connectivity index (χ2n) is 7.99. The van der Waals surface area contributed by atoms with Gasteiger partial charge < -0.3 is 15.0 Å². The summed E-state index contributed by atoms with van der Waals surface area (Å²) in [4.78, 5) is 37.8. The Hall–Kier alpha value is -3.44. The van der Waals surface area contributed by atoms with Crippen LogP contribution < -0.4 is 15.5 Å². The van der Waals surface area contributed by atoms with Crippen LogP contribution in [0.5, 0.6) is 11.5 Å². The molecule has 0 saturated carbocycles. The molecule has 0 aliphatic carbocycles. The zero-order chi connectivity index (χ0) is 24.7. The Balaban J connectivity index is 1.66. The van der Waals surface area contributed by atoms with Crippen LogP contribution in [0.25, 0.3) is 0 Å². The molecular weight excluding hydrogens is 462 g/mol. The fourth-order valence-corrected chi connectivity index (χ4v) is 5.08. The average molecular weight is 490 g/mol. The Morgan fingerprint density at radius 2 is 1.62 bits per heavy atom. The number of piperidine rings is 1. The molecule has 0 aromatic heterocycles. The van der Waals surface area contributed by atoms with Crippen LogP contribution in [0.4, 0.5) is 0 Å². The van der Waals surface area contributed by atoms with Gasteiger partial charge in [0.1, 0.15) is 17.5 Å². The van der Waals surface area contributed by atoms with E-state index in [1.807, 2.05) is 6.07 Å². The van der Waals surface area contributed by atoms with Crippen molar-refractivity contribution in [3.63, 3.8) is 0 Å². The maximum atomic E-state index is 12.9. The van der Waals surface area contributed by atoms with E-state index in [2.05, 4.69) is 5.32 Å². The summed E-state index contributed by atoms with van der Waals surface area (Å²) in [6.07, 6.45) is 0.795. The number of rotatable bonds is 8. The van der Waals surface area contributed by atoms with Gasteiger partial charge in [-0.25, -0.2) is 13.9 Å². The van der Waals surface area contributed by atoms with Crippen molar-refractivity contribution in [3.8, 4) is 11.5 Å². The molecule has 10 nitrogen and oxygen atoms in total. The summed E-state index contributed by atoms with van der Waals surface area (Å²) >= 11 is 0. The molecule has 1 saturated heterocycles. The number of hydrogen-bond acceptors (Lipinski definition) is 7. The third-order valence-electron chi connectivity index (χ3n) is 5.60. The molecule has 2 aromatic rings. The lowest BCUT2D eigenvalue weighted by Gasteiger charge is -2.31. The summed E-state index contributed by atoms with van der Waals surface area (Å²) in [5, 5.41) is 11.5.